The zero-order valence-corrected chi connectivity index (χ0v) is 13.3. The topological polar surface area (TPSA) is 29.5 Å². The van der Waals surface area contributed by atoms with Crippen molar-refractivity contribution in [2.45, 2.75) is 51.2 Å². The maximum absolute atomic E-state index is 14.1. The molecule has 22 heavy (non-hydrogen) atoms. The molecule has 1 aliphatic heterocycles. The molecule has 1 aliphatic carbocycles. The van der Waals surface area contributed by atoms with Crippen LogP contribution in [0.2, 0.25) is 0 Å². The zero-order valence-electron chi connectivity index (χ0n) is 13.3. The third-order valence-electron chi connectivity index (χ3n) is 4.75. The van der Waals surface area contributed by atoms with Crippen molar-refractivity contribution < 1.29 is 18.3 Å². The fraction of sp³-hybridized carbons (Fsp3) is 0.588. The van der Waals surface area contributed by atoms with Crippen LogP contribution in [0, 0.1) is 17.6 Å². The molecule has 3 atom stereocenters. The number of carbonyl (C=O) groups excluding carboxylic acids is 1. The number of likely N-dealkylation sites (tertiary alicyclic amines) is 1. The molecule has 1 heterocycles. The molecule has 0 radical (unpaired) electrons. The lowest BCUT2D eigenvalue weighted by atomic mass is 9.93. The Kier molecular flexibility index (Phi) is 3.24. The van der Waals surface area contributed by atoms with Crippen LogP contribution < -0.4 is 0 Å². The highest BCUT2D eigenvalue weighted by atomic mass is 19.1. The second-order valence-corrected chi connectivity index (χ2v) is 7.44. The van der Waals surface area contributed by atoms with Crippen LogP contribution in [0.5, 0.6) is 0 Å². The van der Waals surface area contributed by atoms with Crippen molar-refractivity contribution in [2.75, 3.05) is 6.54 Å². The summed E-state index contributed by atoms with van der Waals surface area (Å²) in [5.74, 6) is -0.682. The number of hydrogen-bond acceptors (Lipinski definition) is 2. The molecule has 1 unspecified atom stereocenters. The Labute approximate surface area is 129 Å². The second kappa shape index (κ2) is 4.67. The van der Waals surface area contributed by atoms with Gasteiger partial charge in [-0.3, -0.25) is 0 Å². The lowest BCUT2D eigenvalue weighted by Crippen LogP contribution is -2.41. The first kappa shape index (κ1) is 15.3. The van der Waals surface area contributed by atoms with E-state index in [1.54, 1.807) is 4.90 Å². The molecule has 120 valence electrons. The summed E-state index contributed by atoms with van der Waals surface area (Å²) in [5, 5.41) is 0. The van der Waals surface area contributed by atoms with Gasteiger partial charge >= 0.3 is 6.09 Å². The van der Waals surface area contributed by atoms with Crippen molar-refractivity contribution in [3.8, 4) is 0 Å². The number of halogens is 2. The number of benzene rings is 1. The summed E-state index contributed by atoms with van der Waals surface area (Å²) in [4.78, 5) is 13.9. The standard InChI is InChI=1S/C17H21F2NO2/c1-10-13-8-17(13,12-7-11(18)5-6-14(12)19)9-20(10)15(21)22-16(2,3)4/h5-7,10,13H,8-9H2,1-4H3/t10?,13-,17+/m0/s1. The molecule has 3 rings (SSSR count). The van der Waals surface area contributed by atoms with Gasteiger partial charge in [0.2, 0.25) is 0 Å². The van der Waals surface area contributed by atoms with Gasteiger partial charge in [0, 0.05) is 18.0 Å². The quantitative estimate of drug-likeness (QED) is 0.788. The van der Waals surface area contributed by atoms with Crippen molar-refractivity contribution in [1.29, 1.82) is 0 Å². The van der Waals surface area contributed by atoms with E-state index in [0.29, 0.717) is 12.1 Å². The Morgan fingerprint density at radius 3 is 2.68 bits per heavy atom. The zero-order chi connectivity index (χ0) is 16.3. The SMILES string of the molecule is CC1[C@@H]2C[C@]2(c2cc(F)ccc2F)CN1C(=O)OC(C)(C)C. The largest absolute Gasteiger partial charge is 0.444 e. The third-order valence-corrected chi connectivity index (χ3v) is 4.75. The summed E-state index contributed by atoms with van der Waals surface area (Å²) in [7, 11) is 0. The van der Waals surface area contributed by atoms with Crippen LogP contribution in [0.3, 0.4) is 0 Å². The molecule has 1 aromatic rings. The summed E-state index contributed by atoms with van der Waals surface area (Å²) in [5.41, 5.74) is -0.640. The van der Waals surface area contributed by atoms with Crippen LogP contribution in [-0.4, -0.2) is 29.2 Å². The maximum atomic E-state index is 14.1. The van der Waals surface area contributed by atoms with Crippen LogP contribution in [0.15, 0.2) is 18.2 Å². The minimum atomic E-state index is -0.569. The van der Waals surface area contributed by atoms with E-state index in [-0.39, 0.29) is 18.1 Å². The number of carbonyl (C=O) groups is 1. The normalized spacial score (nSPS) is 30.2. The number of piperidine rings is 1. The van der Waals surface area contributed by atoms with Crippen LogP contribution in [0.1, 0.15) is 39.7 Å². The first-order chi connectivity index (χ1) is 10.1. The van der Waals surface area contributed by atoms with E-state index in [1.165, 1.54) is 6.07 Å². The lowest BCUT2D eigenvalue weighted by Gasteiger charge is -2.29. The summed E-state index contributed by atoms with van der Waals surface area (Å²) in [6, 6.07) is 3.52. The Bertz CT molecular complexity index is 626. The molecule has 0 aromatic heterocycles. The number of ether oxygens (including phenoxy) is 1. The third kappa shape index (κ3) is 2.36. The van der Waals surface area contributed by atoms with Gasteiger partial charge in [0.15, 0.2) is 0 Å². The summed E-state index contributed by atoms with van der Waals surface area (Å²) in [6.07, 6.45) is 0.400. The van der Waals surface area contributed by atoms with Gasteiger partial charge in [-0.25, -0.2) is 13.6 Å². The van der Waals surface area contributed by atoms with E-state index < -0.39 is 22.7 Å². The average Bonchev–Trinajstić information content (AvgIpc) is 3.05. The Morgan fingerprint density at radius 2 is 2.05 bits per heavy atom. The van der Waals surface area contributed by atoms with Crippen molar-refractivity contribution in [2.24, 2.45) is 5.92 Å². The minimum Gasteiger partial charge on any atom is -0.444 e. The van der Waals surface area contributed by atoms with Gasteiger partial charge in [-0.2, -0.15) is 0 Å². The van der Waals surface area contributed by atoms with E-state index in [2.05, 4.69) is 0 Å². The van der Waals surface area contributed by atoms with Gasteiger partial charge < -0.3 is 9.64 Å². The first-order valence-electron chi connectivity index (χ1n) is 7.59. The predicted octanol–water partition coefficient (Wildman–Crippen LogP) is 3.86. The highest BCUT2D eigenvalue weighted by molar-refractivity contribution is 5.70. The van der Waals surface area contributed by atoms with Gasteiger partial charge in [-0.1, -0.05) is 0 Å². The fourth-order valence-electron chi connectivity index (χ4n) is 3.64. The Hall–Kier alpha value is -1.65. The van der Waals surface area contributed by atoms with E-state index >= 15 is 0 Å². The van der Waals surface area contributed by atoms with Crippen molar-refractivity contribution in [3.63, 3.8) is 0 Å². The van der Waals surface area contributed by atoms with Gasteiger partial charge in [0.1, 0.15) is 17.2 Å². The van der Waals surface area contributed by atoms with Gasteiger partial charge in [-0.15, -0.1) is 0 Å². The Balaban J connectivity index is 1.85. The molecule has 0 N–H and O–H groups in total. The van der Waals surface area contributed by atoms with Gasteiger partial charge in [0.25, 0.3) is 0 Å². The van der Waals surface area contributed by atoms with Gasteiger partial charge in [-0.05, 0) is 63.8 Å². The fourth-order valence-corrected chi connectivity index (χ4v) is 3.64. The second-order valence-electron chi connectivity index (χ2n) is 7.44. The molecule has 0 spiro atoms. The van der Waals surface area contributed by atoms with E-state index in [9.17, 15) is 13.6 Å². The van der Waals surface area contributed by atoms with Crippen molar-refractivity contribution >= 4 is 6.09 Å². The molecule has 0 bridgehead atoms. The smallest absolute Gasteiger partial charge is 0.410 e. The minimum absolute atomic E-state index is 0.0301. The average molecular weight is 309 g/mol. The monoisotopic (exact) mass is 309 g/mol. The number of amides is 1. The molecular formula is C17H21F2NO2. The molecular weight excluding hydrogens is 288 g/mol. The molecule has 1 saturated carbocycles. The summed E-state index contributed by atoms with van der Waals surface area (Å²) in [6.45, 7) is 7.77. The number of hydrogen-bond donors (Lipinski definition) is 0. The molecule has 3 nitrogen and oxygen atoms in total. The molecule has 1 saturated heterocycles. The molecule has 1 aromatic carbocycles. The molecule has 2 fully saturated rings. The van der Waals surface area contributed by atoms with E-state index in [1.807, 2.05) is 27.7 Å². The summed E-state index contributed by atoms with van der Waals surface area (Å²) < 4.78 is 33.0. The highest BCUT2D eigenvalue weighted by Crippen LogP contribution is 2.62. The van der Waals surface area contributed by atoms with E-state index in [0.717, 1.165) is 18.6 Å². The molecule has 5 heteroatoms. The van der Waals surface area contributed by atoms with E-state index in [4.69, 9.17) is 4.74 Å². The van der Waals surface area contributed by atoms with Crippen molar-refractivity contribution in [1.82, 2.24) is 4.90 Å². The number of fused-ring (bicyclic) bond motifs is 1. The highest BCUT2D eigenvalue weighted by Gasteiger charge is 2.66. The van der Waals surface area contributed by atoms with Crippen LogP contribution >= 0.6 is 0 Å². The first-order valence-corrected chi connectivity index (χ1v) is 7.59. The summed E-state index contributed by atoms with van der Waals surface area (Å²) >= 11 is 0. The van der Waals surface area contributed by atoms with Crippen LogP contribution in [-0.2, 0) is 10.2 Å². The van der Waals surface area contributed by atoms with Crippen LogP contribution in [0.4, 0.5) is 13.6 Å². The van der Waals surface area contributed by atoms with Crippen LogP contribution in [0.25, 0.3) is 0 Å². The predicted molar refractivity (Wildman–Crippen MR) is 78.5 cm³/mol. The lowest BCUT2D eigenvalue weighted by molar-refractivity contribution is 0.0204. The van der Waals surface area contributed by atoms with Gasteiger partial charge in [0.05, 0.1) is 0 Å². The Morgan fingerprint density at radius 1 is 1.36 bits per heavy atom. The molecule has 2 aliphatic rings. The number of nitrogens with zero attached hydrogens (tertiary/aromatic N) is 1. The number of rotatable bonds is 1. The van der Waals surface area contributed by atoms with Crippen molar-refractivity contribution in [3.05, 3.63) is 35.4 Å². The molecule has 1 amide bonds. The maximum Gasteiger partial charge on any atom is 0.410 e.